The number of nitro groups is 1. The van der Waals surface area contributed by atoms with Crippen molar-refractivity contribution in [2.75, 3.05) is 14.2 Å². The number of hydrogen-bond acceptors (Lipinski definition) is 5. The number of benzene rings is 2. The zero-order valence-corrected chi connectivity index (χ0v) is 12.8. The van der Waals surface area contributed by atoms with Gasteiger partial charge in [0.1, 0.15) is 6.61 Å². The number of carbonyl (C=O) groups is 1. The molecule has 2 aromatic carbocycles. The maximum Gasteiger partial charge on any atom is 0.310 e. The van der Waals surface area contributed by atoms with Crippen molar-refractivity contribution in [2.45, 2.75) is 6.61 Å². The summed E-state index contributed by atoms with van der Waals surface area (Å²) in [4.78, 5) is 27.4. The first-order valence-corrected chi connectivity index (χ1v) is 6.80. The Morgan fingerprint density at radius 2 is 1.91 bits per heavy atom. The maximum absolute atomic E-state index is 12.1. The van der Waals surface area contributed by atoms with Gasteiger partial charge in [0.05, 0.1) is 12.0 Å². The quantitative estimate of drug-likeness (QED) is 0.604. The highest BCUT2D eigenvalue weighted by molar-refractivity contribution is 5.94. The van der Waals surface area contributed by atoms with E-state index in [1.54, 1.807) is 0 Å². The van der Waals surface area contributed by atoms with E-state index in [-0.39, 0.29) is 23.6 Å². The van der Waals surface area contributed by atoms with Crippen LogP contribution in [0, 0.1) is 10.1 Å². The van der Waals surface area contributed by atoms with Gasteiger partial charge in [0.15, 0.2) is 5.75 Å². The lowest BCUT2D eigenvalue weighted by Crippen LogP contribution is -2.25. The number of ether oxygens (including phenoxy) is 1. The van der Waals surface area contributed by atoms with Crippen LogP contribution < -0.4 is 4.74 Å². The summed E-state index contributed by atoms with van der Waals surface area (Å²) in [5.41, 5.74) is 0.910. The summed E-state index contributed by atoms with van der Waals surface area (Å²) >= 11 is 0. The molecule has 0 aromatic heterocycles. The van der Waals surface area contributed by atoms with Crippen LogP contribution in [0.4, 0.5) is 5.69 Å². The van der Waals surface area contributed by atoms with Crippen molar-refractivity contribution in [3.8, 4) is 5.75 Å². The van der Waals surface area contributed by atoms with Gasteiger partial charge in [-0.25, -0.2) is 5.06 Å². The van der Waals surface area contributed by atoms with Gasteiger partial charge in [-0.05, 0) is 11.6 Å². The first-order valence-electron chi connectivity index (χ1n) is 6.80. The zero-order valence-electron chi connectivity index (χ0n) is 12.8. The minimum atomic E-state index is -0.547. The lowest BCUT2D eigenvalue weighted by Gasteiger charge is -2.14. The number of hydrogen-bond donors (Lipinski definition) is 0. The lowest BCUT2D eigenvalue weighted by atomic mass is 10.1. The SMILES string of the molecule is CON(C)C(=O)c1ccc([N+](=O)[O-])c(OCc2ccccc2)c1. The van der Waals surface area contributed by atoms with Gasteiger partial charge in [0.25, 0.3) is 5.91 Å². The molecule has 0 atom stereocenters. The summed E-state index contributed by atoms with van der Waals surface area (Å²) in [6.45, 7) is 0.166. The van der Waals surface area contributed by atoms with Gasteiger partial charge < -0.3 is 4.74 Å². The van der Waals surface area contributed by atoms with Crippen molar-refractivity contribution in [3.05, 3.63) is 69.8 Å². The Kier molecular flexibility index (Phi) is 5.27. The molecule has 0 heterocycles. The molecular formula is C16H16N2O5. The largest absolute Gasteiger partial charge is 0.482 e. The summed E-state index contributed by atoms with van der Waals surface area (Å²) in [7, 11) is 2.81. The molecule has 7 nitrogen and oxygen atoms in total. The normalized spacial score (nSPS) is 10.2. The molecule has 0 saturated heterocycles. The smallest absolute Gasteiger partial charge is 0.310 e. The van der Waals surface area contributed by atoms with Crippen molar-refractivity contribution < 1.29 is 19.3 Å². The van der Waals surface area contributed by atoms with Crippen molar-refractivity contribution in [1.82, 2.24) is 5.06 Å². The van der Waals surface area contributed by atoms with E-state index in [4.69, 9.17) is 9.57 Å². The minimum absolute atomic E-state index is 0.0363. The van der Waals surface area contributed by atoms with Gasteiger partial charge in [-0.3, -0.25) is 19.7 Å². The van der Waals surface area contributed by atoms with Crippen molar-refractivity contribution >= 4 is 11.6 Å². The third kappa shape index (κ3) is 4.04. The van der Waals surface area contributed by atoms with Crippen molar-refractivity contribution in [3.63, 3.8) is 0 Å². The molecule has 0 unspecified atom stereocenters. The standard InChI is InChI=1S/C16H16N2O5/c1-17(22-2)16(19)13-8-9-14(18(20)21)15(10-13)23-11-12-6-4-3-5-7-12/h3-10H,11H2,1-2H3. The van der Waals surface area contributed by atoms with Gasteiger partial charge in [-0.1, -0.05) is 30.3 Å². The van der Waals surface area contributed by atoms with Crippen LogP contribution >= 0.6 is 0 Å². The molecule has 23 heavy (non-hydrogen) atoms. The van der Waals surface area contributed by atoms with Gasteiger partial charge in [0.2, 0.25) is 0 Å². The average molecular weight is 316 g/mol. The topological polar surface area (TPSA) is 81.9 Å². The predicted molar refractivity (Wildman–Crippen MR) is 83.0 cm³/mol. The second-order valence-electron chi connectivity index (χ2n) is 4.70. The molecule has 0 bridgehead atoms. The molecule has 0 N–H and O–H groups in total. The zero-order chi connectivity index (χ0) is 16.8. The maximum atomic E-state index is 12.1. The Balaban J connectivity index is 2.27. The Morgan fingerprint density at radius 3 is 2.52 bits per heavy atom. The van der Waals surface area contributed by atoms with E-state index >= 15 is 0 Å². The first-order chi connectivity index (χ1) is 11.0. The molecule has 0 spiro atoms. The van der Waals surface area contributed by atoms with E-state index in [1.807, 2.05) is 30.3 Å². The van der Waals surface area contributed by atoms with Crippen LogP contribution in [0.1, 0.15) is 15.9 Å². The van der Waals surface area contributed by atoms with E-state index in [2.05, 4.69) is 0 Å². The Bertz CT molecular complexity index is 703. The molecule has 0 aliphatic carbocycles. The molecule has 0 aliphatic rings. The van der Waals surface area contributed by atoms with E-state index in [9.17, 15) is 14.9 Å². The van der Waals surface area contributed by atoms with Crippen molar-refractivity contribution in [2.24, 2.45) is 0 Å². The average Bonchev–Trinajstić information content (AvgIpc) is 2.59. The molecule has 0 aliphatic heterocycles. The molecule has 0 radical (unpaired) electrons. The highest BCUT2D eigenvalue weighted by Gasteiger charge is 2.20. The van der Waals surface area contributed by atoms with Gasteiger partial charge >= 0.3 is 5.69 Å². The number of hydroxylamine groups is 2. The van der Waals surface area contributed by atoms with Gasteiger partial charge in [-0.2, -0.15) is 0 Å². The van der Waals surface area contributed by atoms with E-state index < -0.39 is 10.8 Å². The van der Waals surface area contributed by atoms with Crippen LogP contribution in [-0.2, 0) is 11.4 Å². The third-order valence-electron chi connectivity index (χ3n) is 3.20. The van der Waals surface area contributed by atoms with Crippen LogP contribution in [0.2, 0.25) is 0 Å². The highest BCUT2D eigenvalue weighted by atomic mass is 16.7. The summed E-state index contributed by atoms with van der Waals surface area (Å²) in [5, 5.41) is 12.1. The molecule has 1 amide bonds. The predicted octanol–water partition coefficient (Wildman–Crippen LogP) is 2.81. The third-order valence-corrected chi connectivity index (χ3v) is 3.20. The van der Waals surface area contributed by atoms with Crippen LogP contribution in [0.5, 0.6) is 5.75 Å². The first kappa shape index (κ1) is 16.4. The fraction of sp³-hybridized carbons (Fsp3) is 0.188. The number of rotatable bonds is 6. The Hall–Kier alpha value is -2.93. The molecule has 2 rings (SSSR count). The molecule has 0 saturated carbocycles. The van der Waals surface area contributed by atoms with Crippen LogP contribution in [0.3, 0.4) is 0 Å². The van der Waals surface area contributed by atoms with Crippen LogP contribution in [0.25, 0.3) is 0 Å². The lowest BCUT2D eigenvalue weighted by molar-refractivity contribution is -0.385. The number of nitro benzene ring substituents is 1. The number of nitrogens with zero attached hydrogens (tertiary/aromatic N) is 2. The monoisotopic (exact) mass is 316 g/mol. The van der Waals surface area contributed by atoms with Crippen LogP contribution in [-0.4, -0.2) is 30.1 Å². The fourth-order valence-electron chi connectivity index (χ4n) is 1.91. The summed E-state index contributed by atoms with van der Waals surface area (Å²) < 4.78 is 5.54. The molecule has 120 valence electrons. The molecular weight excluding hydrogens is 300 g/mol. The Morgan fingerprint density at radius 1 is 1.22 bits per heavy atom. The fourth-order valence-corrected chi connectivity index (χ4v) is 1.91. The summed E-state index contributed by atoms with van der Waals surface area (Å²) in [6.07, 6.45) is 0. The molecule has 7 heteroatoms. The van der Waals surface area contributed by atoms with E-state index in [1.165, 1.54) is 32.4 Å². The summed E-state index contributed by atoms with van der Waals surface area (Å²) in [6, 6.07) is 13.2. The van der Waals surface area contributed by atoms with Gasteiger partial charge in [0, 0.05) is 24.7 Å². The minimum Gasteiger partial charge on any atom is -0.482 e. The molecule has 2 aromatic rings. The number of carbonyl (C=O) groups excluding carboxylic acids is 1. The van der Waals surface area contributed by atoms with Crippen LogP contribution in [0.15, 0.2) is 48.5 Å². The Labute approximate surface area is 133 Å². The van der Waals surface area contributed by atoms with E-state index in [0.717, 1.165) is 10.6 Å². The highest BCUT2D eigenvalue weighted by Crippen LogP contribution is 2.29. The number of amides is 1. The summed E-state index contributed by atoms with van der Waals surface area (Å²) in [5.74, 6) is -0.388. The molecule has 0 fully saturated rings. The van der Waals surface area contributed by atoms with Gasteiger partial charge in [-0.15, -0.1) is 0 Å². The second-order valence-corrected chi connectivity index (χ2v) is 4.70. The second kappa shape index (κ2) is 7.37. The van der Waals surface area contributed by atoms with Crippen molar-refractivity contribution in [1.29, 1.82) is 0 Å². The van der Waals surface area contributed by atoms with E-state index in [0.29, 0.717) is 0 Å².